The molecule has 4 heteroatoms. The first kappa shape index (κ1) is 26.9. The second kappa shape index (κ2) is 12.9. The molecule has 1 unspecified atom stereocenters. The lowest BCUT2D eigenvalue weighted by atomic mass is 9.87. The summed E-state index contributed by atoms with van der Waals surface area (Å²) in [5.74, 6) is -0.154. The molecule has 1 aliphatic heterocycles. The summed E-state index contributed by atoms with van der Waals surface area (Å²) in [6, 6.07) is 25.4. The van der Waals surface area contributed by atoms with Crippen molar-refractivity contribution in [3.8, 4) is 11.1 Å². The van der Waals surface area contributed by atoms with Crippen LogP contribution < -0.4 is 4.90 Å². The van der Waals surface area contributed by atoms with Crippen molar-refractivity contribution in [2.24, 2.45) is 5.92 Å². The number of hydrogen-bond acceptors (Lipinski definition) is 3. The third-order valence-corrected chi connectivity index (χ3v) is 7.54. The summed E-state index contributed by atoms with van der Waals surface area (Å²) in [4.78, 5) is 15.5. The van der Waals surface area contributed by atoms with Crippen LogP contribution in [0, 0.1) is 5.92 Å². The van der Waals surface area contributed by atoms with Gasteiger partial charge in [-0.25, -0.2) is 4.39 Å². The molecule has 0 bridgehead atoms. The molecule has 0 spiro atoms. The normalized spacial score (nSPS) is 16.6. The highest BCUT2D eigenvalue weighted by Gasteiger charge is 2.27. The van der Waals surface area contributed by atoms with Gasteiger partial charge in [-0.1, -0.05) is 74.5 Å². The molecule has 3 nitrogen and oxygen atoms in total. The largest absolute Gasteiger partial charge is 0.469 e. The first-order valence-electron chi connectivity index (χ1n) is 13.7. The fraction of sp³-hybridized carbons (Fsp3) is 0.424. The number of halogens is 1. The van der Waals surface area contributed by atoms with Crippen molar-refractivity contribution in [3.63, 3.8) is 0 Å². The molecule has 1 heterocycles. The van der Waals surface area contributed by atoms with E-state index in [9.17, 15) is 9.18 Å². The molecule has 0 aromatic heterocycles. The molecular formula is C33H40FNO2. The van der Waals surface area contributed by atoms with Crippen molar-refractivity contribution in [1.82, 2.24) is 0 Å². The Morgan fingerprint density at radius 2 is 1.73 bits per heavy atom. The van der Waals surface area contributed by atoms with Crippen molar-refractivity contribution < 1.29 is 13.9 Å². The lowest BCUT2D eigenvalue weighted by Gasteiger charge is -2.38. The fourth-order valence-corrected chi connectivity index (χ4v) is 5.56. The second-order valence-electron chi connectivity index (χ2n) is 10.7. The molecule has 0 aliphatic carbocycles. The predicted octanol–water partition coefficient (Wildman–Crippen LogP) is 8.12. The Kier molecular flexibility index (Phi) is 9.38. The minimum absolute atomic E-state index is 0.191. The van der Waals surface area contributed by atoms with Crippen LogP contribution in [-0.2, 0) is 22.6 Å². The number of methoxy groups -OCH3 is 1. The Morgan fingerprint density at radius 3 is 2.41 bits per heavy atom. The van der Waals surface area contributed by atoms with Crippen LogP contribution in [0.25, 0.3) is 11.1 Å². The zero-order valence-corrected chi connectivity index (χ0v) is 22.5. The number of nitrogens with zero attached hydrogens (tertiary/aromatic N) is 1. The Balaban J connectivity index is 1.72. The van der Waals surface area contributed by atoms with Crippen LogP contribution in [-0.4, -0.2) is 25.7 Å². The molecule has 3 aromatic carbocycles. The first-order chi connectivity index (χ1) is 18.0. The van der Waals surface area contributed by atoms with Gasteiger partial charge in [-0.05, 0) is 84.4 Å². The Labute approximate surface area is 221 Å². The third kappa shape index (κ3) is 7.00. The number of piperidine rings is 1. The van der Waals surface area contributed by atoms with Crippen molar-refractivity contribution in [1.29, 1.82) is 0 Å². The number of aryl methyl sites for hydroxylation is 1. The Morgan fingerprint density at radius 1 is 0.973 bits per heavy atom. The maximum Gasteiger partial charge on any atom is 0.313 e. The molecule has 1 saturated heterocycles. The number of benzene rings is 3. The van der Waals surface area contributed by atoms with Crippen LogP contribution in [0.1, 0.15) is 68.6 Å². The van der Waals surface area contributed by atoms with Gasteiger partial charge in [0.05, 0.1) is 13.0 Å². The summed E-state index contributed by atoms with van der Waals surface area (Å²) in [5, 5.41) is 0. The van der Waals surface area contributed by atoms with Gasteiger partial charge in [-0.3, -0.25) is 4.79 Å². The second-order valence-corrected chi connectivity index (χ2v) is 10.7. The van der Waals surface area contributed by atoms with Crippen molar-refractivity contribution in [2.75, 3.05) is 18.6 Å². The first-order valence-corrected chi connectivity index (χ1v) is 13.7. The highest BCUT2D eigenvalue weighted by atomic mass is 19.1. The number of hydrogen-bond donors (Lipinski definition) is 0. The lowest BCUT2D eigenvalue weighted by Crippen LogP contribution is -2.40. The van der Waals surface area contributed by atoms with Crippen molar-refractivity contribution >= 4 is 11.7 Å². The summed E-state index contributed by atoms with van der Waals surface area (Å²) in [6.45, 7) is 4.82. The molecule has 0 amide bonds. The van der Waals surface area contributed by atoms with E-state index in [-0.39, 0.29) is 11.9 Å². The van der Waals surface area contributed by atoms with Gasteiger partial charge in [0.1, 0.15) is 6.67 Å². The number of rotatable bonds is 10. The Bertz CT molecular complexity index is 1140. The third-order valence-electron chi connectivity index (χ3n) is 7.54. The fourth-order valence-electron chi connectivity index (χ4n) is 5.56. The van der Waals surface area contributed by atoms with Crippen LogP contribution >= 0.6 is 0 Å². The van der Waals surface area contributed by atoms with Crippen LogP contribution in [0.15, 0.2) is 72.8 Å². The molecule has 3 aromatic rings. The maximum atomic E-state index is 13.2. The van der Waals surface area contributed by atoms with Crippen LogP contribution in [0.4, 0.5) is 10.1 Å². The summed E-state index contributed by atoms with van der Waals surface area (Å²) in [7, 11) is 1.47. The molecule has 1 aliphatic rings. The van der Waals surface area contributed by atoms with Crippen molar-refractivity contribution in [2.45, 2.75) is 71.0 Å². The standard InChI is InChI=1S/C33H40FNO2/c1-24(2)19-32(33(36)37-3)29-20-28(27-15-12-26(23-34)13-16-27)21-31(22-29)35-18-8-7-11-30(35)17-14-25-9-5-4-6-10-25/h4-6,9-10,12-13,15-16,20-22,24,30,32H,7-8,11,14,17-19,23H2,1-3H3/t30?,32-/m1/s1. The smallest absolute Gasteiger partial charge is 0.313 e. The molecule has 0 saturated carbocycles. The van der Waals surface area contributed by atoms with E-state index in [1.165, 1.54) is 31.9 Å². The lowest BCUT2D eigenvalue weighted by molar-refractivity contribution is -0.142. The minimum atomic E-state index is -0.471. The van der Waals surface area contributed by atoms with Crippen LogP contribution in [0.3, 0.4) is 0 Å². The highest BCUT2D eigenvalue weighted by Crippen LogP contribution is 2.36. The molecule has 2 atom stereocenters. The monoisotopic (exact) mass is 501 g/mol. The molecular weight excluding hydrogens is 461 g/mol. The molecule has 0 N–H and O–H groups in total. The molecule has 37 heavy (non-hydrogen) atoms. The van der Waals surface area contributed by atoms with E-state index in [4.69, 9.17) is 4.74 Å². The highest BCUT2D eigenvalue weighted by molar-refractivity contribution is 5.80. The van der Waals surface area contributed by atoms with E-state index >= 15 is 0 Å². The average molecular weight is 502 g/mol. The number of alkyl halides is 1. The van der Waals surface area contributed by atoms with E-state index in [0.717, 1.165) is 48.2 Å². The number of esters is 1. The molecule has 4 rings (SSSR count). The van der Waals surface area contributed by atoms with Gasteiger partial charge in [0.25, 0.3) is 0 Å². The van der Waals surface area contributed by atoms with Gasteiger partial charge in [-0.15, -0.1) is 0 Å². The Hall–Kier alpha value is -3.14. The van der Waals surface area contributed by atoms with Crippen LogP contribution in [0.2, 0.25) is 0 Å². The summed E-state index contributed by atoms with van der Waals surface area (Å²) < 4.78 is 18.4. The topological polar surface area (TPSA) is 29.5 Å². The van der Waals surface area contributed by atoms with E-state index in [2.05, 4.69) is 67.3 Å². The number of anilines is 1. The van der Waals surface area contributed by atoms with Gasteiger partial charge in [-0.2, -0.15) is 0 Å². The number of ether oxygens (including phenoxy) is 1. The molecule has 1 fully saturated rings. The van der Waals surface area contributed by atoms with Gasteiger partial charge >= 0.3 is 5.97 Å². The zero-order chi connectivity index (χ0) is 26.2. The summed E-state index contributed by atoms with van der Waals surface area (Å²) >= 11 is 0. The van der Waals surface area contributed by atoms with E-state index in [1.807, 2.05) is 24.3 Å². The minimum Gasteiger partial charge on any atom is -0.469 e. The number of carbonyl (C=O) groups is 1. The van der Waals surface area contributed by atoms with E-state index < -0.39 is 6.67 Å². The SMILES string of the molecule is COC(=O)[C@H](CC(C)C)c1cc(-c2ccc(CF)cc2)cc(N2CCCCC2CCc2ccccc2)c1. The van der Waals surface area contributed by atoms with Gasteiger partial charge < -0.3 is 9.64 Å². The van der Waals surface area contributed by atoms with Gasteiger partial charge in [0, 0.05) is 18.3 Å². The van der Waals surface area contributed by atoms with Crippen LogP contribution in [0.5, 0.6) is 0 Å². The molecule has 0 radical (unpaired) electrons. The predicted molar refractivity (Wildman–Crippen MR) is 151 cm³/mol. The average Bonchev–Trinajstić information content (AvgIpc) is 2.94. The molecule has 196 valence electrons. The van der Waals surface area contributed by atoms with E-state index in [0.29, 0.717) is 17.5 Å². The van der Waals surface area contributed by atoms with E-state index in [1.54, 1.807) is 0 Å². The number of carbonyl (C=O) groups excluding carboxylic acids is 1. The quantitative estimate of drug-likeness (QED) is 0.263. The summed E-state index contributed by atoms with van der Waals surface area (Å²) in [6.07, 6.45) is 6.46. The maximum absolute atomic E-state index is 13.2. The zero-order valence-electron chi connectivity index (χ0n) is 22.5. The van der Waals surface area contributed by atoms with Gasteiger partial charge in [0.2, 0.25) is 0 Å². The van der Waals surface area contributed by atoms with Crippen molar-refractivity contribution in [3.05, 3.63) is 89.5 Å². The summed E-state index contributed by atoms with van der Waals surface area (Å²) in [5.41, 5.74) is 6.30. The van der Waals surface area contributed by atoms with Gasteiger partial charge in [0.15, 0.2) is 0 Å².